The average Bonchev–Trinajstić information content (AvgIpc) is 3.32. The number of ether oxygens (including phenoxy) is 2. The van der Waals surface area contributed by atoms with E-state index in [0.717, 1.165) is 25.7 Å². The van der Waals surface area contributed by atoms with Gasteiger partial charge in [0, 0.05) is 25.5 Å². The number of methoxy groups -OCH3 is 1. The number of nitrogens with zero attached hydrogens (tertiary/aromatic N) is 2. The molecule has 1 aliphatic heterocycles. The molecule has 8 heteroatoms. The Morgan fingerprint density at radius 2 is 2.12 bits per heavy atom. The number of amides is 1. The highest BCUT2D eigenvalue weighted by Crippen LogP contribution is 2.28. The third-order valence-corrected chi connectivity index (χ3v) is 4.78. The van der Waals surface area contributed by atoms with Crippen LogP contribution in [-0.4, -0.2) is 48.0 Å². The van der Waals surface area contributed by atoms with Gasteiger partial charge in [0.25, 0.3) is 5.91 Å². The monoisotopic (exact) mass is 355 g/mol. The van der Waals surface area contributed by atoms with Gasteiger partial charge in [-0.05, 0) is 38.0 Å². The zero-order chi connectivity index (χ0) is 17.1. The van der Waals surface area contributed by atoms with E-state index < -0.39 is 6.04 Å². The highest BCUT2D eigenvalue weighted by atomic mass is 35.5. The van der Waals surface area contributed by atoms with Crippen LogP contribution in [0.1, 0.15) is 48.6 Å². The highest BCUT2D eigenvalue weighted by molar-refractivity contribution is 6.33. The van der Waals surface area contributed by atoms with Crippen molar-refractivity contribution in [3.8, 4) is 0 Å². The van der Waals surface area contributed by atoms with Gasteiger partial charge in [0.2, 0.25) is 0 Å². The van der Waals surface area contributed by atoms with Gasteiger partial charge in [-0.2, -0.15) is 5.10 Å². The quantitative estimate of drug-likeness (QED) is 0.789. The Labute approximate surface area is 145 Å². The number of nitrogens with one attached hydrogen (secondary N) is 1. The Balaban J connectivity index is 1.76. The predicted molar refractivity (Wildman–Crippen MR) is 86.9 cm³/mol. The van der Waals surface area contributed by atoms with Crippen LogP contribution in [-0.2, 0) is 14.3 Å². The molecule has 1 N–H and O–H groups in total. The van der Waals surface area contributed by atoms with Crippen LogP contribution in [0.2, 0.25) is 5.02 Å². The van der Waals surface area contributed by atoms with Gasteiger partial charge in [-0.3, -0.25) is 9.48 Å². The minimum absolute atomic E-state index is 0.157. The second-order valence-corrected chi connectivity index (χ2v) is 6.79. The molecule has 1 atom stereocenters. The standard InChI is InChI=1S/C16H22ClN3O4/c1-23-16(22)13(8-10-4-6-24-7-5-10)20-9-12(17)14(19-20)15(21)18-11-2-3-11/h9-11,13H,2-8H2,1H3,(H,18,21). The maximum Gasteiger partial charge on any atom is 0.330 e. The average molecular weight is 356 g/mol. The van der Waals surface area contributed by atoms with Crippen molar-refractivity contribution < 1.29 is 19.1 Å². The molecule has 2 heterocycles. The normalized spacial score (nSPS) is 19.8. The van der Waals surface area contributed by atoms with Crippen molar-refractivity contribution >= 4 is 23.5 Å². The van der Waals surface area contributed by atoms with Crippen molar-refractivity contribution in [2.75, 3.05) is 20.3 Å². The summed E-state index contributed by atoms with van der Waals surface area (Å²) >= 11 is 6.16. The number of esters is 1. The molecule has 0 aromatic carbocycles. The Kier molecular flexibility index (Phi) is 5.40. The van der Waals surface area contributed by atoms with Crippen molar-refractivity contribution in [2.24, 2.45) is 5.92 Å². The third kappa shape index (κ3) is 4.08. The molecule has 0 bridgehead atoms. The fourth-order valence-electron chi connectivity index (χ4n) is 2.91. The van der Waals surface area contributed by atoms with E-state index in [9.17, 15) is 9.59 Å². The largest absolute Gasteiger partial charge is 0.467 e. The molecule has 1 amide bonds. The van der Waals surface area contributed by atoms with Crippen LogP contribution in [0.4, 0.5) is 0 Å². The molecule has 1 saturated heterocycles. The van der Waals surface area contributed by atoms with Gasteiger partial charge in [0.05, 0.1) is 12.1 Å². The van der Waals surface area contributed by atoms with Crippen molar-refractivity contribution in [3.05, 3.63) is 16.9 Å². The summed E-state index contributed by atoms with van der Waals surface area (Å²) in [5.41, 5.74) is 0.157. The Bertz CT molecular complexity index is 608. The summed E-state index contributed by atoms with van der Waals surface area (Å²) in [7, 11) is 1.35. The van der Waals surface area contributed by atoms with Gasteiger partial charge >= 0.3 is 5.97 Å². The second kappa shape index (κ2) is 7.53. The van der Waals surface area contributed by atoms with E-state index in [1.165, 1.54) is 18.0 Å². The SMILES string of the molecule is COC(=O)C(CC1CCOCC1)n1cc(Cl)c(C(=O)NC2CC2)n1. The summed E-state index contributed by atoms with van der Waals surface area (Å²) in [4.78, 5) is 24.4. The molecule has 2 fully saturated rings. The molecule has 1 aromatic heterocycles. The summed E-state index contributed by atoms with van der Waals surface area (Å²) in [6, 6.07) is -0.365. The smallest absolute Gasteiger partial charge is 0.330 e. The number of hydrogen-bond donors (Lipinski definition) is 1. The van der Waals surface area contributed by atoms with E-state index in [2.05, 4.69) is 10.4 Å². The zero-order valence-corrected chi connectivity index (χ0v) is 14.4. The van der Waals surface area contributed by atoms with Crippen molar-refractivity contribution in [3.63, 3.8) is 0 Å². The Hall–Kier alpha value is -1.60. The predicted octanol–water partition coefficient (Wildman–Crippen LogP) is 1.96. The number of halogens is 1. The molecular weight excluding hydrogens is 334 g/mol. The van der Waals surface area contributed by atoms with Gasteiger partial charge in [0.1, 0.15) is 6.04 Å². The summed E-state index contributed by atoms with van der Waals surface area (Å²) in [6.45, 7) is 1.40. The summed E-state index contributed by atoms with van der Waals surface area (Å²) in [6.07, 6.45) is 5.90. The molecule has 1 saturated carbocycles. The van der Waals surface area contributed by atoms with Gasteiger partial charge < -0.3 is 14.8 Å². The van der Waals surface area contributed by atoms with E-state index in [1.54, 1.807) is 0 Å². The molecule has 2 aliphatic rings. The van der Waals surface area contributed by atoms with E-state index >= 15 is 0 Å². The number of aromatic nitrogens is 2. The minimum Gasteiger partial charge on any atom is -0.467 e. The third-order valence-electron chi connectivity index (χ3n) is 4.51. The number of carbonyl (C=O) groups is 2. The van der Waals surface area contributed by atoms with E-state index in [0.29, 0.717) is 25.6 Å². The molecule has 24 heavy (non-hydrogen) atoms. The topological polar surface area (TPSA) is 82.5 Å². The van der Waals surface area contributed by atoms with Gasteiger partial charge in [-0.15, -0.1) is 0 Å². The van der Waals surface area contributed by atoms with Crippen LogP contribution in [0.5, 0.6) is 0 Å². The first kappa shape index (κ1) is 17.2. The molecule has 1 aromatic rings. The lowest BCUT2D eigenvalue weighted by molar-refractivity contribution is -0.145. The molecule has 7 nitrogen and oxygen atoms in total. The molecule has 1 unspecified atom stereocenters. The first-order valence-electron chi connectivity index (χ1n) is 8.29. The number of carbonyl (C=O) groups excluding carboxylic acids is 2. The number of rotatable bonds is 6. The minimum atomic E-state index is -0.585. The van der Waals surface area contributed by atoms with Gasteiger partial charge in [0.15, 0.2) is 5.69 Å². The van der Waals surface area contributed by atoms with Crippen LogP contribution in [0, 0.1) is 5.92 Å². The van der Waals surface area contributed by atoms with Crippen molar-refractivity contribution in [1.29, 1.82) is 0 Å². The highest BCUT2D eigenvalue weighted by Gasteiger charge is 2.31. The fraction of sp³-hybridized carbons (Fsp3) is 0.688. The van der Waals surface area contributed by atoms with Crippen LogP contribution < -0.4 is 5.32 Å². The van der Waals surface area contributed by atoms with E-state index in [4.69, 9.17) is 21.1 Å². The van der Waals surface area contributed by atoms with Gasteiger partial charge in [-0.25, -0.2) is 4.79 Å². The fourth-order valence-corrected chi connectivity index (χ4v) is 3.13. The van der Waals surface area contributed by atoms with Crippen LogP contribution in [0.3, 0.4) is 0 Å². The molecule has 132 valence electrons. The Morgan fingerprint density at radius 3 is 2.75 bits per heavy atom. The molecule has 0 radical (unpaired) electrons. The summed E-state index contributed by atoms with van der Waals surface area (Å²) in [5, 5.41) is 7.37. The summed E-state index contributed by atoms with van der Waals surface area (Å²) in [5.74, 6) is -0.319. The Morgan fingerprint density at radius 1 is 1.42 bits per heavy atom. The maximum absolute atomic E-state index is 12.2. The van der Waals surface area contributed by atoms with Gasteiger partial charge in [-0.1, -0.05) is 11.6 Å². The van der Waals surface area contributed by atoms with Crippen molar-refractivity contribution in [1.82, 2.24) is 15.1 Å². The molecule has 3 rings (SSSR count). The lowest BCUT2D eigenvalue weighted by Crippen LogP contribution is -2.28. The lowest BCUT2D eigenvalue weighted by Gasteiger charge is -2.25. The van der Waals surface area contributed by atoms with E-state index in [-0.39, 0.29) is 28.6 Å². The zero-order valence-electron chi connectivity index (χ0n) is 13.7. The maximum atomic E-state index is 12.2. The molecule has 1 aliphatic carbocycles. The van der Waals surface area contributed by atoms with Crippen LogP contribution in [0.25, 0.3) is 0 Å². The summed E-state index contributed by atoms with van der Waals surface area (Å²) < 4.78 is 11.7. The van der Waals surface area contributed by atoms with E-state index in [1.807, 2.05) is 0 Å². The lowest BCUT2D eigenvalue weighted by atomic mass is 9.92. The number of hydrogen-bond acceptors (Lipinski definition) is 5. The van der Waals surface area contributed by atoms with Crippen molar-refractivity contribution in [2.45, 2.75) is 44.2 Å². The second-order valence-electron chi connectivity index (χ2n) is 6.38. The molecule has 0 spiro atoms. The molecular formula is C16H22ClN3O4. The van der Waals surface area contributed by atoms with Crippen LogP contribution >= 0.6 is 11.6 Å². The van der Waals surface area contributed by atoms with Crippen LogP contribution in [0.15, 0.2) is 6.20 Å². The first-order chi connectivity index (χ1) is 11.6. The first-order valence-corrected chi connectivity index (χ1v) is 8.67.